The number of anilines is 1. The van der Waals surface area contributed by atoms with Crippen molar-refractivity contribution in [3.05, 3.63) is 94.0 Å². The van der Waals surface area contributed by atoms with Crippen LogP contribution in [0.2, 0.25) is 5.02 Å². The van der Waals surface area contributed by atoms with Crippen molar-refractivity contribution < 1.29 is 27.1 Å². The smallest absolute Gasteiger partial charge is 0.167 e. The first-order chi connectivity index (χ1) is 14.8. The van der Waals surface area contributed by atoms with E-state index in [1.54, 1.807) is 12.1 Å². The van der Waals surface area contributed by atoms with Gasteiger partial charge in [-0.25, -0.2) is 26.9 Å². The lowest BCUT2D eigenvalue weighted by Gasteiger charge is -2.23. The summed E-state index contributed by atoms with van der Waals surface area (Å²) in [4.78, 5) is 7.73. The first kappa shape index (κ1) is 20.8. The second-order valence-electron chi connectivity index (χ2n) is 6.52. The summed E-state index contributed by atoms with van der Waals surface area (Å²) in [6, 6.07) is 5.13. The van der Waals surface area contributed by atoms with Crippen LogP contribution in [0.3, 0.4) is 0 Å². The topological polar surface area (TPSA) is 58.0 Å². The second kappa shape index (κ2) is 7.99. The van der Waals surface area contributed by atoms with Crippen molar-refractivity contribution in [3.8, 4) is 5.75 Å². The third-order valence-electron chi connectivity index (χ3n) is 4.61. The van der Waals surface area contributed by atoms with Gasteiger partial charge in [-0.15, -0.1) is 0 Å². The summed E-state index contributed by atoms with van der Waals surface area (Å²) in [5, 5.41) is 13.6. The third kappa shape index (κ3) is 3.72. The van der Waals surface area contributed by atoms with E-state index in [-0.39, 0.29) is 22.2 Å². The molecule has 0 saturated heterocycles. The second-order valence-corrected chi connectivity index (χ2v) is 6.96. The number of halogens is 6. The average Bonchev–Trinajstić information content (AvgIpc) is 2.74. The van der Waals surface area contributed by atoms with Gasteiger partial charge in [-0.2, -0.15) is 0 Å². The van der Waals surface area contributed by atoms with Gasteiger partial charge in [0.1, 0.15) is 11.3 Å². The number of phenols is 1. The minimum absolute atomic E-state index is 0.0495. The fourth-order valence-corrected chi connectivity index (χ4v) is 3.33. The van der Waals surface area contributed by atoms with Crippen LogP contribution in [-0.2, 0) is 0 Å². The summed E-state index contributed by atoms with van der Waals surface area (Å²) in [5.41, 5.74) is -1.27. The molecule has 0 radical (unpaired) electrons. The zero-order valence-corrected chi connectivity index (χ0v) is 16.1. The van der Waals surface area contributed by atoms with Gasteiger partial charge in [-0.05, 0) is 12.1 Å². The molecular weight excluding hydrogens is 441 g/mol. The van der Waals surface area contributed by atoms with Gasteiger partial charge < -0.3 is 10.4 Å². The predicted octanol–water partition coefficient (Wildman–Crippen LogP) is 5.89. The quantitative estimate of drug-likeness (QED) is 0.300. The van der Waals surface area contributed by atoms with Crippen LogP contribution in [0, 0.1) is 29.1 Å². The minimum Gasteiger partial charge on any atom is -0.505 e. The molecule has 1 atom stereocenters. The monoisotopic (exact) mass is 451 g/mol. The number of hydrogen-bond donors (Lipinski definition) is 2. The van der Waals surface area contributed by atoms with E-state index in [0.29, 0.717) is 5.39 Å². The molecule has 4 nitrogen and oxygen atoms in total. The Morgan fingerprint density at radius 1 is 0.903 bits per heavy atom. The van der Waals surface area contributed by atoms with Crippen LogP contribution in [0.5, 0.6) is 5.75 Å². The highest BCUT2D eigenvalue weighted by Crippen LogP contribution is 2.39. The summed E-state index contributed by atoms with van der Waals surface area (Å²) in [5.74, 6) is -8.79. The SMILES string of the molecule is Oc1c(C(Nc2ncc(Cl)cc2F)c2c(F)c(F)cc(F)c2F)ccc2cccnc12. The fourth-order valence-electron chi connectivity index (χ4n) is 3.19. The number of fused-ring (bicyclic) bond motifs is 1. The van der Waals surface area contributed by atoms with Crippen molar-refractivity contribution in [2.45, 2.75) is 6.04 Å². The molecule has 158 valence electrons. The van der Waals surface area contributed by atoms with E-state index >= 15 is 0 Å². The van der Waals surface area contributed by atoms with Gasteiger partial charge >= 0.3 is 0 Å². The number of aromatic hydroxyl groups is 1. The molecule has 2 aromatic carbocycles. The Kier molecular flexibility index (Phi) is 5.36. The van der Waals surface area contributed by atoms with Crippen molar-refractivity contribution in [1.82, 2.24) is 9.97 Å². The van der Waals surface area contributed by atoms with Gasteiger partial charge in [-0.3, -0.25) is 4.98 Å². The summed E-state index contributed by atoms with van der Waals surface area (Å²) < 4.78 is 71.5. The first-order valence-electron chi connectivity index (χ1n) is 8.75. The van der Waals surface area contributed by atoms with E-state index in [4.69, 9.17) is 11.6 Å². The molecule has 31 heavy (non-hydrogen) atoms. The Morgan fingerprint density at radius 2 is 1.61 bits per heavy atom. The maximum atomic E-state index is 14.6. The molecule has 2 heterocycles. The lowest BCUT2D eigenvalue weighted by molar-refractivity contribution is 0.431. The van der Waals surface area contributed by atoms with Crippen LogP contribution in [0.15, 0.2) is 48.8 Å². The number of pyridine rings is 2. The number of nitrogens with zero attached hydrogens (tertiary/aromatic N) is 2. The molecule has 0 amide bonds. The van der Waals surface area contributed by atoms with Crippen LogP contribution < -0.4 is 5.32 Å². The van der Waals surface area contributed by atoms with Crippen molar-refractivity contribution in [2.75, 3.05) is 5.32 Å². The van der Waals surface area contributed by atoms with Crippen LogP contribution in [-0.4, -0.2) is 15.1 Å². The number of nitrogens with one attached hydrogen (secondary N) is 1. The first-order valence-corrected chi connectivity index (χ1v) is 9.12. The van der Waals surface area contributed by atoms with Crippen molar-refractivity contribution >= 4 is 28.3 Å². The zero-order valence-electron chi connectivity index (χ0n) is 15.3. The Balaban J connectivity index is 1.98. The van der Waals surface area contributed by atoms with Crippen molar-refractivity contribution in [1.29, 1.82) is 0 Å². The number of aromatic nitrogens is 2. The fraction of sp³-hybridized carbons (Fsp3) is 0.0476. The maximum Gasteiger partial charge on any atom is 0.167 e. The van der Waals surface area contributed by atoms with E-state index in [1.807, 2.05) is 0 Å². The molecule has 0 fully saturated rings. The van der Waals surface area contributed by atoms with Gasteiger partial charge in [0, 0.05) is 29.4 Å². The van der Waals surface area contributed by atoms with Crippen molar-refractivity contribution in [2.24, 2.45) is 0 Å². The van der Waals surface area contributed by atoms with Gasteiger partial charge in [0.15, 0.2) is 34.9 Å². The number of rotatable bonds is 4. The summed E-state index contributed by atoms with van der Waals surface area (Å²) in [7, 11) is 0. The summed E-state index contributed by atoms with van der Waals surface area (Å²) in [6.07, 6.45) is 2.43. The van der Waals surface area contributed by atoms with Gasteiger partial charge in [0.05, 0.1) is 16.6 Å². The highest BCUT2D eigenvalue weighted by atomic mass is 35.5. The number of benzene rings is 2. The summed E-state index contributed by atoms with van der Waals surface area (Å²) in [6.45, 7) is 0. The molecule has 0 spiro atoms. The molecular formula is C21H11ClF5N3O. The van der Waals surface area contributed by atoms with E-state index < -0.39 is 52.3 Å². The molecule has 4 aromatic rings. The van der Waals surface area contributed by atoms with Crippen LogP contribution in [0.1, 0.15) is 17.2 Å². The predicted molar refractivity (Wildman–Crippen MR) is 104 cm³/mol. The zero-order chi connectivity index (χ0) is 22.3. The molecule has 2 N–H and O–H groups in total. The molecule has 2 aromatic heterocycles. The average molecular weight is 452 g/mol. The Labute approximate surface area is 177 Å². The Bertz CT molecular complexity index is 1290. The molecule has 0 aliphatic carbocycles. The van der Waals surface area contributed by atoms with Gasteiger partial charge in [0.25, 0.3) is 0 Å². The lowest BCUT2D eigenvalue weighted by Crippen LogP contribution is -2.19. The molecule has 4 rings (SSSR count). The Morgan fingerprint density at radius 3 is 2.29 bits per heavy atom. The summed E-state index contributed by atoms with van der Waals surface area (Å²) >= 11 is 5.67. The third-order valence-corrected chi connectivity index (χ3v) is 4.82. The Hall–Kier alpha value is -3.46. The van der Waals surface area contributed by atoms with E-state index in [1.165, 1.54) is 18.3 Å². The molecule has 0 aliphatic rings. The molecule has 0 aliphatic heterocycles. The van der Waals surface area contributed by atoms with Crippen LogP contribution >= 0.6 is 11.6 Å². The maximum absolute atomic E-state index is 14.6. The van der Waals surface area contributed by atoms with Crippen molar-refractivity contribution in [3.63, 3.8) is 0 Å². The van der Waals surface area contributed by atoms with Gasteiger partial charge in [0.2, 0.25) is 0 Å². The number of phenolic OH excluding ortho intramolecular Hbond substituents is 1. The van der Waals surface area contributed by atoms with E-state index in [0.717, 1.165) is 12.3 Å². The molecule has 0 bridgehead atoms. The van der Waals surface area contributed by atoms with Crippen LogP contribution in [0.25, 0.3) is 10.9 Å². The minimum atomic E-state index is -1.78. The van der Waals surface area contributed by atoms with Gasteiger partial charge in [-0.1, -0.05) is 29.8 Å². The molecule has 10 heteroatoms. The van der Waals surface area contributed by atoms with E-state index in [9.17, 15) is 27.1 Å². The number of hydrogen-bond acceptors (Lipinski definition) is 4. The highest BCUT2D eigenvalue weighted by Gasteiger charge is 2.30. The molecule has 0 saturated carbocycles. The van der Waals surface area contributed by atoms with Crippen LogP contribution in [0.4, 0.5) is 27.8 Å². The normalized spacial score (nSPS) is 12.2. The molecule has 1 unspecified atom stereocenters. The standard InChI is InChI=1S/C21H11ClF5N3O/c22-10-6-14(25)21(29-8-10)30-19(15-16(26)12(23)7-13(24)17(15)27)11-4-3-9-2-1-5-28-18(9)20(11)31/h1-8,19,31H,(H,29,30). The highest BCUT2D eigenvalue weighted by molar-refractivity contribution is 6.30. The lowest BCUT2D eigenvalue weighted by atomic mass is 9.95. The van der Waals surface area contributed by atoms with E-state index in [2.05, 4.69) is 15.3 Å². The largest absolute Gasteiger partial charge is 0.505 e.